The van der Waals surface area contributed by atoms with E-state index in [1.54, 1.807) is 18.6 Å². The number of hydrogen-bond acceptors (Lipinski definition) is 5. The molecule has 0 bridgehead atoms. The minimum atomic E-state index is 0.350. The van der Waals surface area contributed by atoms with Crippen LogP contribution >= 0.6 is 0 Å². The Bertz CT molecular complexity index is 956. The van der Waals surface area contributed by atoms with Gasteiger partial charge in [0.15, 0.2) is 0 Å². The fourth-order valence-corrected chi connectivity index (χ4v) is 2.37. The second-order valence-corrected chi connectivity index (χ2v) is 5.24. The van der Waals surface area contributed by atoms with E-state index in [-0.39, 0.29) is 0 Å². The minimum Gasteiger partial charge on any atom is -0.470 e. The maximum absolute atomic E-state index is 5.68. The van der Waals surface area contributed by atoms with Crippen molar-refractivity contribution in [2.24, 2.45) is 0 Å². The number of hydrogen-bond donors (Lipinski definition) is 0. The predicted molar refractivity (Wildman–Crippen MR) is 91.3 cm³/mol. The van der Waals surface area contributed by atoms with Crippen LogP contribution in [0.3, 0.4) is 0 Å². The summed E-state index contributed by atoms with van der Waals surface area (Å²) in [5.74, 6) is 0.463. The molecule has 0 atom stereocenters. The lowest BCUT2D eigenvalue weighted by Gasteiger charge is -2.06. The number of benzene rings is 1. The van der Waals surface area contributed by atoms with Crippen LogP contribution in [0.15, 0.2) is 73.2 Å². The van der Waals surface area contributed by atoms with E-state index in [2.05, 4.69) is 19.9 Å². The van der Waals surface area contributed by atoms with Crippen LogP contribution < -0.4 is 4.74 Å². The molecular weight excluding hydrogens is 300 g/mol. The molecule has 0 saturated carbocycles. The van der Waals surface area contributed by atoms with Gasteiger partial charge in [-0.2, -0.15) is 0 Å². The molecule has 3 heterocycles. The van der Waals surface area contributed by atoms with Gasteiger partial charge in [-0.05, 0) is 24.3 Å². The molecule has 4 rings (SSSR count). The van der Waals surface area contributed by atoms with E-state index in [0.29, 0.717) is 18.2 Å². The van der Waals surface area contributed by atoms with Crippen LogP contribution in [0.5, 0.6) is 5.88 Å². The Morgan fingerprint density at radius 1 is 0.750 bits per heavy atom. The van der Waals surface area contributed by atoms with Crippen molar-refractivity contribution < 1.29 is 4.74 Å². The molecule has 1 aromatic carbocycles. The molecule has 116 valence electrons. The van der Waals surface area contributed by atoms with Gasteiger partial charge in [-0.15, -0.1) is 0 Å². The summed E-state index contributed by atoms with van der Waals surface area (Å²) in [7, 11) is 0. The molecule has 0 N–H and O–H groups in total. The van der Waals surface area contributed by atoms with Crippen LogP contribution in [-0.2, 0) is 6.61 Å². The number of aromatic nitrogens is 4. The van der Waals surface area contributed by atoms with Crippen molar-refractivity contribution in [3.8, 4) is 17.3 Å². The van der Waals surface area contributed by atoms with Crippen molar-refractivity contribution in [2.45, 2.75) is 6.61 Å². The summed E-state index contributed by atoms with van der Waals surface area (Å²) >= 11 is 0. The summed E-state index contributed by atoms with van der Waals surface area (Å²) in [5.41, 5.74) is 3.30. The Balaban J connectivity index is 1.47. The molecule has 0 spiro atoms. The highest BCUT2D eigenvalue weighted by Gasteiger charge is 2.04. The van der Waals surface area contributed by atoms with Crippen molar-refractivity contribution in [2.75, 3.05) is 0 Å². The smallest absolute Gasteiger partial charge is 0.232 e. The van der Waals surface area contributed by atoms with E-state index >= 15 is 0 Å². The first-order valence-electron chi connectivity index (χ1n) is 7.59. The predicted octanol–water partition coefficient (Wildman–Crippen LogP) is 3.67. The zero-order valence-electron chi connectivity index (χ0n) is 12.8. The standard InChI is InChI=1S/C19H14N4O/c1-2-6-16-14(5-1)8-9-15(23-16)13-24-19-12-21-18(11-22-19)17-7-3-4-10-20-17/h1-12H,13H2. The van der Waals surface area contributed by atoms with Gasteiger partial charge in [-0.1, -0.05) is 30.3 Å². The zero-order chi connectivity index (χ0) is 16.2. The van der Waals surface area contributed by atoms with E-state index in [0.717, 1.165) is 22.3 Å². The van der Waals surface area contributed by atoms with Gasteiger partial charge in [0.25, 0.3) is 0 Å². The highest BCUT2D eigenvalue weighted by Crippen LogP contribution is 2.16. The summed E-state index contributed by atoms with van der Waals surface area (Å²) in [6.07, 6.45) is 4.99. The maximum atomic E-state index is 5.68. The van der Waals surface area contributed by atoms with Gasteiger partial charge in [0.1, 0.15) is 12.3 Å². The van der Waals surface area contributed by atoms with Gasteiger partial charge in [0.2, 0.25) is 5.88 Å². The van der Waals surface area contributed by atoms with Crippen LogP contribution in [0.1, 0.15) is 5.69 Å². The van der Waals surface area contributed by atoms with E-state index in [9.17, 15) is 0 Å². The number of ether oxygens (including phenoxy) is 1. The number of para-hydroxylation sites is 1. The first-order chi connectivity index (χ1) is 11.9. The highest BCUT2D eigenvalue weighted by molar-refractivity contribution is 5.78. The third-order valence-corrected chi connectivity index (χ3v) is 3.58. The fraction of sp³-hybridized carbons (Fsp3) is 0.0526. The van der Waals surface area contributed by atoms with Crippen LogP contribution in [-0.4, -0.2) is 19.9 Å². The van der Waals surface area contributed by atoms with Gasteiger partial charge in [-0.25, -0.2) is 15.0 Å². The molecule has 24 heavy (non-hydrogen) atoms. The van der Waals surface area contributed by atoms with E-state index in [1.807, 2.05) is 54.6 Å². The van der Waals surface area contributed by atoms with E-state index in [4.69, 9.17) is 4.74 Å². The third-order valence-electron chi connectivity index (χ3n) is 3.58. The maximum Gasteiger partial charge on any atom is 0.232 e. The first-order valence-corrected chi connectivity index (χ1v) is 7.59. The molecule has 0 fully saturated rings. The Hall–Kier alpha value is -3.34. The molecule has 3 aromatic heterocycles. The number of rotatable bonds is 4. The van der Waals surface area contributed by atoms with Gasteiger partial charge in [-0.3, -0.25) is 4.98 Å². The minimum absolute atomic E-state index is 0.350. The summed E-state index contributed by atoms with van der Waals surface area (Å²) in [5, 5.41) is 1.11. The molecule has 5 heteroatoms. The quantitative estimate of drug-likeness (QED) is 0.575. The molecule has 5 nitrogen and oxygen atoms in total. The monoisotopic (exact) mass is 314 g/mol. The Morgan fingerprint density at radius 2 is 1.67 bits per heavy atom. The summed E-state index contributed by atoms with van der Waals surface area (Å²) in [4.78, 5) is 17.4. The first kappa shape index (κ1) is 14.3. The van der Waals surface area contributed by atoms with Crippen molar-refractivity contribution in [3.05, 3.63) is 78.9 Å². The largest absolute Gasteiger partial charge is 0.470 e. The third kappa shape index (κ3) is 3.05. The topological polar surface area (TPSA) is 60.8 Å². The second-order valence-electron chi connectivity index (χ2n) is 5.24. The second kappa shape index (κ2) is 6.42. The molecule has 0 amide bonds. The van der Waals surface area contributed by atoms with Gasteiger partial charge < -0.3 is 4.74 Å². The molecule has 0 aliphatic carbocycles. The lowest BCUT2D eigenvalue weighted by molar-refractivity contribution is 0.288. The summed E-state index contributed by atoms with van der Waals surface area (Å²) in [6.45, 7) is 0.350. The van der Waals surface area contributed by atoms with Crippen molar-refractivity contribution >= 4 is 10.9 Å². The molecule has 4 aromatic rings. The van der Waals surface area contributed by atoms with Crippen molar-refractivity contribution in [3.63, 3.8) is 0 Å². The van der Waals surface area contributed by atoms with Gasteiger partial charge >= 0.3 is 0 Å². The SMILES string of the molecule is c1ccc(-c2cnc(OCc3ccc4ccccc4n3)cn2)nc1. The number of pyridine rings is 2. The summed E-state index contributed by atoms with van der Waals surface area (Å²) < 4.78 is 5.68. The lowest BCUT2D eigenvalue weighted by Crippen LogP contribution is -2.00. The van der Waals surface area contributed by atoms with E-state index in [1.165, 1.54) is 0 Å². The highest BCUT2D eigenvalue weighted by atomic mass is 16.5. The normalized spacial score (nSPS) is 10.7. The van der Waals surface area contributed by atoms with Crippen LogP contribution in [0.25, 0.3) is 22.3 Å². The average Bonchev–Trinajstić information content (AvgIpc) is 2.67. The zero-order valence-corrected chi connectivity index (χ0v) is 12.8. The Kier molecular flexibility index (Phi) is 3.81. The lowest BCUT2D eigenvalue weighted by atomic mass is 10.2. The van der Waals surface area contributed by atoms with Crippen LogP contribution in [0.4, 0.5) is 0 Å². The fourth-order valence-electron chi connectivity index (χ4n) is 2.37. The number of nitrogens with zero attached hydrogens (tertiary/aromatic N) is 4. The van der Waals surface area contributed by atoms with Crippen molar-refractivity contribution in [1.29, 1.82) is 0 Å². The molecule has 0 aliphatic heterocycles. The van der Waals surface area contributed by atoms with Gasteiger partial charge in [0.05, 0.1) is 29.3 Å². The van der Waals surface area contributed by atoms with Crippen LogP contribution in [0, 0.1) is 0 Å². The van der Waals surface area contributed by atoms with Crippen LogP contribution in [0.2, 0.25) is 0 Å². The van der Waals surface area contributed by atoms with Gasteiger partial charge in [0, 0.05) is 11.6 Å². The summed E-state index contributed by atoms with van der Waals surface area (Å²) in [6, 6.07) is 17.7. The van der Waals surface area contributed by atoms with Crippen molar-refractivity contribution in [1.82, 2.24) is 19.9 Å². The number of fused-ring (bicyclic) bond motifs is 1. The Morgan fingerprint density at radius 3 is 2.50 bits per heavy atom. The molecular formula is C19H14N4O. The molecule has 0 saturated heterocycles. The molecule has 0 radical (unpaired) electrons. The Labute approximate surface area is 139 Å². The molecule has 0 aliphatic rings. The van der Waals surface area contributed by atoms with E-state index < -0.39 is 0 Å². The molecule has 0 unspecified atom stereocenters. The average molecular weight is 314 g/mol.